The third-order valence-corrected chi connectivity index (χ3v) is 5.93. The van der Waals surface area contributed by atoms with Gasteiger partial charge in [-0.2, -0.15) is 0 Å². The topological polar surface area (TPSA) is 66.8 Å². The summed E-state index contributed by atoms with van der Waals surface area (Å²) in [7, 11) is 0. The number of ether oxygens (including phenoxy) is 1. The normalized spacial score (nSPS) is 16.3. The Bertz CT molecular complexity index is 1130. The van der Waals surface area contributed by atoms with Crippen LogP contribution >= 0.6 is 11.3 Å². The third-order valence-electron chi connectivity index (χ3n) is 5.06. The highest BCUT2D eigenvalue weighted by molar-refractivity contribution is 7.12. The van der Waals surface area contributed by atoms with Gasteiger partial charge in [-0.25, -0.2) is 0 Å². The number of aryl methyl sites for hydroxylation is 1. The van der Waals surface area contributed by atoms with Crippen molar-refractivity contribution < 1.29 is 19.4 Å². The molecule has 5 nitrogen and oxygen atoms in total. The molecule has 0 spiro atoms. The molecule has 0 fully saturated rings. The van der Waals surface area contributed by atoms with Crippen molar-refractivity contribution in [1.29, 1.82) is 0 Å². The molecule has 0 bridgehead atoms. The zero-order chi connectivity index (χ0) is 21.3. The number of carbonyl (C=O) groups excluding carboxylic acids is 2. The Morgan fingerprint density at radius 3 is 2.63 bits per heavy atom. The molecule has 1 unspecified atom stereocenters. The number of aliphatic hydroxyl groups excluding tert-OH is 1. The number of Topliss-reactive ketones (excluding diaryl/α,β-unsaturated/α-hetero) is 1. The maximum absolute atomic E-state index is 13.3. The highest BCUT2D eigenvalue weighted by Gasteiger charge is 2.45. The Labute approximate surface area is 178 Å². The van der Waals surface area contributed by atoms with E-state index in [1.807, 2.05) is 62.4 Å². The molecule has 30 heavy (non-hydrogen) atoms. The van der Waals surface area contributed by atoms with Crippen LogP contribution in [0.1, 0.15) is 33.8 Å². The summed E-state index contributed by atoms with van der Waals surface area (Å²) >= 11 is 1.28. The van der Waals surface area contributed by atoms with E-state index in [2.05, 4.69) is 0 Å². The van der Waals surface area contributed by atoms with Crippen molar-refractivity contribution in [3.63, 3.8) is 0 Å². The first-order valence-electron chi connectivity index (χ1n) is 9.66. The van der Waals surface area contributed by atoms with Crippen molar-refractivity contribution in [3.8, 4) is 5.75 Å². The number of rotatable bonds is 6. The lowest BCUT2D eigenvalue weighted by Crippen LogP contribution is -2.31. The molecule has 4 rings (SSSR count). The van der Waals surface area contributed by atoms with Gasteiger partial charge in [-0.05, 0) is 54.6 Å². The van der Waals surface area contributed by atoms with Crippen molar-refractivity contribution in [3.05, 3.63) is 93.4 Å². The van der Waals surface area contributed by atoms with E-state index in [1.54, 1.807) is 17.5 Å². The quantitative estimate of drug-likeness (QED) is 0.555. The van der Waals surface area contributed by atoms with Crippen LogP contribution in [0.3, 0.4) is 0 Å². The van der Waals surface area contributed by atoms with E-state index in [0.717, 1.165) is 5.56 Å². The maximum Gasteiger partial charge on any atom is 0.294 e. The highest BCUT2D eigenvalue weighted by Crippen LogP contribution is 2.43. The summed E-state index contributed by atoms with van der Waals surface area (Å²) in [6.45, 7) is 4.28. The average molecular weight is 420 g/mol. The van der Waals surface area contributed by atoms with E-state index < -0.39 is 17.7 Å². The molecule has 6 heteroatoms. The van der Waals surface area contributed by atoms with E-state index in [0.29, 0.717) is 28.5 Å². The number of amides is 1. The first-order chi connectivity index (χ1) is 14.5. The monoisotopic (exact) mass is 419 g/mol. The largest absolute Gasteiger partial charge is 0.503 e. The Balaban J connectivity index is 1.90. The fourth-order valence-corrected chi connectivity index (χ4v) is 4.39. The summed E-state index contributed by atoms with van der Waals surface area (Å²) in [6.07, 6.45) is 0. The van der Waals surface area contributed by atoms with Gasteiger partial charge in [0, 0.05) is 5.69 Å². The summed E-state index contributed by atoms with van der Waals surface area (Å²) < 4.78 is 5.63. The fraction of sp³-hybridized carbons (Fsp3) is 0.167. The number of anilines is 1. The van der Waals surface area contributed by atoms with Gasteiger partial charge in [-0.15, -0.1) is 11.3 Å². The molecule has 152 valence electrons. The number of ketones is 1. The zero-order valence-corrected chi connectivity index (χ0v) is 17.5. The van der Waals surface area contributed by atoms with E-state index in [-0.39, 0.29) is 11.4 Å². The third kappa shape index (κ3) is 3.39. The van der Waals surface area contributed by atoms with Crippen molar-refractivity contribution in [2.24, 2.45) is 0 Å². The van der Waals surface area contributed by atoms with Crippen LogP contribution in [-0.2, 0) is 4.79 Å². The number of hydrogen-bond donors (Lipinski definition) is 1. The number of hydrogen-bond acceptors (Lipinski definition) is 5. The minimum atomic E-state index is -0.756. The van der Waals surface area contributed by atoms with E-state index in [4.69, 9.17) is 4.74 Å². The lowest BCUT2D eigenvalue weighted by atomic mass is 9.94. The highest BCUT2D eigenvalue weighted by atomic mass is 32.1. The summed E-state index contributed by atoms with van der Waals surface area (Å²) in [5, 5.41) is 12.6. The second-order valence-electron chi connectivity index (χ2n) is 6.94. The number of para-hydroxylation sites is 1. The smallest absolute Gasteiger partial charge is 0.294 e. The number of thiophene rings is 1. The van der Waals surface area contributed by atoms with E-state index in [9.17, 15) is 14.7 Å². The van der Waals surface area contributed by atoms with Crippen LogP contribution in [-0.4, -0.2) is 23.4 Å². The van der Waals surface area contributed by atoms with Gasteiger partial charge in [0.1, 0.15) is 5.75 Å². The van der Waals surface area contributed by atoms with Crippen LogP contribution in [0.25, 0.3) is 0 Å². The molecule has 0 saturated carbocycles. The lowest BCUT2D eigenvalue weighted by molar-refractivity contribution is -0.117. The molecule has 2 heterocycles. The summed E-state index contributed by atoms with van der Waals surface area (Å²) in [5.41, 5.74) is 2.30. The average Bonchev–Trinajstić information content (AvgIpc) is 3.37. The van der Waals surface area contributed by atoms with E-state index in [1.165, 1.54) is 16.2 Å². The fourth-order valence-electron chi connectivity index (χ4n) is 3.72. The molecule has 2 aromatic carbocycles. The first kappa shape index (κ1) is 19.9. The molecule has 3 aromatic rings. The Kier molecular flexibility index (Phi) is 5.42. The standard InChI is InChI=1S/C24H21NO4S/c1-3-29-17-10-6-9-16(14-17)21-20(22(26)19-12-7-13-30-19)23(27)24(28)25(21)18-11-5-4-8-15(18)2/h4-14,21,27H,3H2,1-2H3. The van der Waals surface area contributed by atoms with Crippen molar-refractivity contribution in [1.82, 2.24) is 0 Å². The van der Waals surface area contributed by atoms with Gasteiger partial charge in [-0.1, -0.05) is 36.4 Å². The SMILES string of the molecule is CCOc1cccc(C2C(C(=O)c3cccs3)=C(O)C(=O)N2c2ccccc2C)c1. The number of aliphatic hydroxyl groups is 1. The molecular formula is C24H21NO4S. The van der Waals surface area contributed by atoms with Gasteiger partial charge in [-0.3, -0.25) is 14.5 Å². The van der Waals surface area contributed by atoms with Gasteiger partial charge in [0.15, 0.2) is 5.76 Å². The molecule has 1 amide bonds. The molecular weight excluding hydrogens is 398 g/mol. The van der Waals surface area contributed by atoms with Gasteiger partial charge in [0.25, 0.3) is 5.91 Å². The van der Waals surface area contributed by atoms with Gasteiger partial charge < -0.3 is 9.84 Å². The van der Waals surface area contributed by atoms with Crippen LogP contribution in [0.4, 0.5) is 5.69 Å². The van der Waals surface area contributed by atoms with Crippen LogP contribution < -0.4 is 9.64 Å². The van der Waals surface area contributed by atoms with Crippen LogP contribution in [0, 0.1) is 6.92 Å². The minimum Gasteiger partial charge on any atom is -0.503 e. The molecule has 1 N–H and O–H groups in total. The second-order valence-corrected chi connectivity index (χ2v) is 7.89. The van der Waals surface area contributed by atoms with Gasteiger partial charge in [0.2, 0.25) is 5.78 Å². The summed E-state index contributed by atoms with van der Waals surface area (Å²) in [5.74, 6) is -0.806. The Morgan fingerprint density at radius 2 is 1.93 bits per heavy atom. The zero-order valence-electron chi connectivity index (χ0n) is 16.7. The summed E-state index contributed by atoms with van der Waals surface area (Å²) in [4.78, 5) is 28.4. The van der Waals surface area contributed by atoms with Crippen LogP contribution in [0.15, 0.2) is 77.4 Å². The molecule has 0 radical (unpaired) electrons. The molecule has 1 atom stereocenters. The molecule has 1 aliphatic heterocycles. The molecule has 1 aromatic heterocycles. The van der Waals surface area contributed by atoms with Gasteiger partial charge in [0.05, 0.1) is 23.1 Å². The number of nitrogens with zero attached hydrogens (tertiary/aromatic N) is 1. The summed E-state index contributed by atoms with van der Waals surface area (Å²) in [6, 6.07) is 17.4. The predicted octanol–water partition coefficient (Wildman–Crippen LogP) is 5.24. The van der Waals surface area contributed by atoms with E-state index >= 15 is 0 Å². The first-order valence-corrected chi connectivity index (χ1v) is 10.5. The predicted molar refractivity (Wildman–Crippen MR) is 117 cm³/mol. The van der Waals surface area contributed by atoms with Crippen molar-refractivity contribution in [2.45, 2.75) is 19.9 Å². The number of carbonyl (C=O) groups is 2. The van der Waals surface area contributed by atoms with Gasteiger partial charge >= 0.3 is 0 Å². The Morgan fingerprint density at radius 1 is 1.13 bits per heavy atom. The maximum atomic E-state index is 13.3. The Hall–Kier alpha value is -3.38. The van der Waals surface area contributed by atoms with Crippen molar-refractivity contribution in [2.75, 3.05) is 11.5 Å². The minimum absolute atomic E-state index is 0.0827. The molecule has 0 saturated heterocycles. The molecule has 1 aliphatic rings. The second kappa shape index (κ2) is 8.16. The van der Waals surface area contributed by atoms with Crippen LogP contribution in [0.5, 0.6) is 5.75 Å². The lowest BCUT2D eigenvalue weighted by Gasteiger charge is -2.28. The number of benzene rings is 2. The van der Waals surface area contributed by atoms with Crippen molar-refractivity contribution >= 4 is 28.7 Å². The molecule has 0 aliphatic carbocycles. The van der Waals surface area contributed by atoms with Crippen LogP contribution in [0.2, 0.25) is 0 Å².